The number of hydrogen-bond acceptors (Lipinski definition) is 3. The molecule has 0 fully saturated rings. The van der Waals surface area contributed by atoms with Gasteiger partial charge >= 0.3 is 0 Å². The average molecular weight is 385 g/mol. The molecule has 1 aliphatic heterocycles. The molecule has 27 heavy (non-hydrogen) atoms. The van der Waals surface area contributed by atoms with E-state index in [0.29, 0.717) is 24.4 Å². The Morgan fingerprint density at radius 3 is 2.59 bits per heavy atom. The van der Waals surface area contributed by atoms with Crippen molar-refractivity contribution in [1.29, 1.82) is 0 Å². The molecule has 2 aromatic carbocycles. The number of nitrogens with zero attached hydrogens (tertiary/aromatic N) is 1. The van der Waals surface area contributed by atoms with Gasteiger partial charge in [-0.15, -0.1) is 0 Å². The highest BCUT2D eigenvalue weighted by molar-refractivity contribution is 7.89. The Hall–Kier alpha value is -2.31. The number of para-hydroxylation sites is 1. The van der Waals surface area contributed by atoms with E-state index in [1.165, 1.54) is 10.9 Å². The third-order valence-corrected chi connectivity index (χ3v) is 7.78. The number of ether oxygens (including phenoxy) is 1. The monoisotopic (exact) mass is 384 g/mol. The van der Waals surface area contributed by atoms with Crippen LogP contribution in [0.4, 0.5) is 0 Å². The van der Waals surface area contributed by atoms with Crippen molar-refractivity contribution in [2.24, 2.45) is 0 Å². The molecule has 142 valence electrons. The molecule has 0 saturated carbocycles. The summed E-state index contributed by atoms with van der Waals surface area (Å²) < 4.78 is 33.9. The van der Waals surface area contributed by atoms with Gasteiger partial charge in [-0.25, -0.2) is 8.42 Å². The lowest BCUT2D eigenvalue weighted by Gasteiger charge is -2.28. The molecule has 1 aromatic heterocycles. The SMILES string of the molecule is COc1cc(C)c(S(=O)(=O)N2CCc3c([nH]c4ccccc34)C2)c(C)c1C. The molecule has 4 rings (SSSR count). The summed E-state index contributed by atoms with van der Waals surface area (Å²) in [5.74, 6) is 0.723. The summed E-state index contributed by atoms with van der Waals surface area (Å²) in [6, 6.07) is 9.95. The Bertz CT molecular complexity index is 1150. The second kappa shape index (κ2) is 6.39. The highest BCUT2D eigenvalue weighted by Gasteiger charge is 2.33. The Kier molecular flexibility index (Phi) is 4.28. The highest BCUT2D eigenvalue weighted by atomic mass is 32.2. The molecule has 0 aliphatic carbocycles. The first-order chi connectivity index (χ1) is 12.8. The number of aromatic amines is 1. The first kappa shape index (κ1) is 18.1. The number of fused-ring (bicyclic) bond motifs is 3. The summed E-state index contributed by atoms with van der Waals surface area (Å²) in [4.78, 5) is 3.81. The largest absolute Gasteiger partial charge is 0.496 e. The van der Waals surface area contributed by atoms with E-state index in [9.17, 15) is 8.42 Å². The van der Waals surface area contributed by atoms with Gasteiger partial charge < -0.3 is 9.72 Å². The normalized spacial score (nSPS) is 15.1. The second-order valence-electron chi connectivity index (χ2n) is 7.19. The fraction of sp³-hybridized carbons (Fsp3) is 0.333. The van der Waals surface area contributed by atoms with Crippen LogP contribution in [0.3, 0.4) is 0 Å². The van der Waals surface area contributed by atoms with E-state index in [4.69, 9.17) is 4.74 Å². The number of sulfonamides is 1. The maximum absolute atomic E-state index is 13.5. The molecule has 0 unspecified atom stereocenters. The number of H-pyrrole nitrogens is 1. The molecule has 0 saturated heterocycles. The van der Waals surface area contributed by atoms with Crippen molar-refractivity contribution in [3.63, 3.8) is 0 Å². The van der Waals surface area contributed by atoms with Crippen LogP contribution in [0.5, 0.6) is 5.75 Å². The minimum atomic E-state index is -3.59. The second-order valence-corrected chi connectivity index (χ2v) is 9.07. The summed E-state index contributed by atoms with van der Waals surface area (Å²) in [5.41, 5.74) is 5.63. The lowest BCUT2D eigenvalue weighted by atomic mass is 10.0. The van der Waals surface area contributed by atoms with Crippen molar-refractivity contribution in [3.05, 3.63) is 58.3 Å². The van der Waals surface area contributed by atoms with Crippen molar-refractivity contribution < 1.29 is 13.2 Å². The summed E-state index contributed by atoms with van der Waals surface area (Å²) in [7, 11) is -1.98. The molecule has 0 spiro atoms. The van der Waals surface area contributed by atoms with Crippen molar-refractivity contribution >= 4 is 20.9 Å². The average Bonchev–Trinajstić information content (AvgIpc) is 3.02. The Morgan fingerprint density at radius 2 is 1.85 bits per heavy atom. The molecular formula is C21H24N2O3S. The van der Waals surface area contributed by atoms with Gasteiger partial charge in [-0.3, -0.25) is 0 Å². The summed E-state index contributed by atoms with van der Waals surface area (Å²) >= 11 is 0. The van der Waals surface area contributed by atoms with Gasteiger partial charge in [0.2, 0.25) is 10.0 Å². The van der Waals surface area contributed by atoms with Crippen LogP contribution in [0.15, 0.2) is 35.2 Å². The van der Waals surface area contributed by atoms with Crippen LogP contribution in [-0.4, -0.2) is 31.4 Å². The maximum Gasteiger partial charge on any atom is 0.243 e. The van der Waals surface area contributed by atoms with E-state index in [2.05, 4.69) is 11.1 Å². The van der Waals surface area contributed by atoms with Crippen LogP contribution in [0, 0.1) is 20.8 Å². The number of nitrogens with one attached hydrogen (secondary N) is 1. The number of rotatable bonds is 3. The molecule has 0 radical (unpaired) electrons. The molecule has 1 aliphatic rings. The molecule has 0 amide bonds. The fourth-order valence-corrected chi connectivity index (χ4v) is 6.03. The maximum atomic E-state index is 13.5. The number of methoxy groups -OCH3 is 1. The van der Waals surface area contributed by atoms with Crippen LogP contribution >= 0.6 is 0 Å². The van der Waals surface area contributed by atoms with Crippen molar-refractivity contribution in [1.82, 2.24) is 9.29 Å². The standard InChI is InChI=1S/C21H24N2O3S/c1-13-11-20(26-4)14(2)15(3)21(13)27(24,25)23-10-9-17-16-7-5-6-8-18(16)22-19(17)12-23/h5-8,11,22H,9-10,12H2,1-4H3. The fourth-order valence-electron chi connectivity index (χ4n) is 4.13. The predicted molar refractivity (Wildman–Crippen MR) is 107 cm³/mol. The molecule has 5 nitrogen and oxygen atoms in total. The first-order valence-corrected chi connectivity index (χ1v) is 10.5. The van der Waals surface area contributed by atoms with E-state index in [1.54, 1.807) is 11.4 Å². The smallest absolute Gasteiger partial charge is 0.243 e. The lowest BCUT2D eigenvalue weighted by Crippen LogP contribution is -2.36. The van der Waals surface area contributed by atoms with Gasteiger partial charge in [0.05, 0.1) is 18.6 Å². The van der Waals surface area contributed by atoms with E-state index in [1.807, 2.05) is 45.0 Å². The topological polar surface area (TPSA) is 62.4 Å². The number of hydrogen-bond donors (Lipinski definition) is 1. The summed E-state index contributed by atoms with van der Waals surface area (Å²) in [6.45, 7) is 6.45. The third kappa shape index (κ3) is 2.75. The predicted octanol–water partition coefficient (Wildman–Crippen LogP) is 3.85. The van der Waals surface area contributed by atoms with E-state index in [-0.39, 0.29) is 0 Å². The summed E-state index contributed by atoms with van der Waals surface area (Å²) in [6.07, 6.45) is 0.714. The highest BCUT2D eigenvalue weighted by Crippen LogP contribution is 2.35. The zero-order valence-electron chi connectivity index (χ0n) is 16.1. The van der Waals surface area contributed by atoms with Gasteiger partial charge in [-0.2, -0.15) is 4.31 Å². The molecule has 6 heteroatoms. The van der Waals surface area contributed by atoms with Crippen molar-refractivity contribution in [2.45, 2.75) is 38.6 Å². The van der Waals surface area contributed by atoms with Gasteiger partial charge in [0.25, 0.3) is 0 Å². The van der Waals surface area contributed by atoms with Crippen LogP contribution in [0.2, 0.25) is 0 Å². The van der Waals surface area contributed by atoms with Crippen molar-refractivity contribution in [2.75, 3.05) is 13.7 Å². The van der Waals surface area contributed by atoms with E-state index in [0.717, 1.165) is 33.7 Å². The van der Waals surface area contributed by atoms with Crippen LogP contribution in [0.1, 0.15) is 27.9 Å². The van der Waals surface area contributed by atoms with Crippen LogP contribution < -0.4 is 4.74 Å². The van der Waals surface area contributed by atoms with E-state index < -0.39 is 10.0 Å². The minimum Gasteiger partial charge on any atom is -0.496 e. The number of benzene rings is 2. The first-order valence-electron chi connectivity index (χ1n) is 9.08. The molecule has 1 N–H and O–H groups in total. The van der Waals surface area contributed by atoms with Gasteiger partial charge in [-0.1, -0.05) is 18.2 Å². The quantitative estimate of drug-likeness (QED) is 0.746. The Balaban J connectivity index is 1.77. The minimum absolute atomic E-state index is 0.371. The van der Waals surface area contributed by atoms with Gasteiger partial charge in [-0.05, 0) is 61.6 Å². The lowest BCUT2D eigenvalue weighted by molar-refractivity contribution is 0.387. The molecular weight excluding hydrogens is 360 g/mol. The van der Waals surface area contributed by atoms with Gasteiger partial charge in [0.15, 0.2) is 0 Å². The molecule has 3 aromatic rings. The zero-order valence-corrected chi connectivity index (χ0v) is 16.9. The number of aryl methyl sites for hydroxylation is 1. The molecule has 2 heterocycles. The third-order valence-electron chi connectivity index (χ3n) is 5.64. The summed E-state index contributed by atoms with van der Waals surface area (Å²) in [5, 5.41) is 1.19. The Labute approximate surface area is 160 Å². The van der Waals surface area contributed by atoms with E-state index >= 15 is 0 Å². The van der Waals surface area contributed by atoms with Crippen LogP contribution in [-0.2, 0) is 23.0 Å². The number of aromatic nitrogens is 1. The van der Waals surface area contributed by atoms with Gasteiger partial charge in [0.1, 0.15) is 5.75 Å². The molecule has 0 bridgehead atoms. The molecule has 0 atom stereocenters. The Morgan fingerprint density at radius 1 is 1.11 bits per heavy atom. The van der Waals surface area contributed by atoms with Gasteiger partial charge in [0, 0.05) is 23.1 Å². The van der Waals surface area contributed by atoms with Crippen molar-refractivity contribution in [3.8, 4) is 5.75 Å². The van der Waals surface area contributed by atoms with Crippen LogP contribution in [0.25, 0.3) is 10.9 Å². The zero-order chi connectivity index (χ0) is 19.3.